The Morgan fingerprint density at radius 3 is 1.95 bits per heavy atom. The molecule has 4 aromatic carbocycles. The Hall–Kier alpha value is -3.15. The van der Waals surface area contributed by atoms with Crippen LogP contribution in [0.3, 0.4) is 0 Å². The zero-order valence-electron chi connectivity index (χ0n) is 23.3. The van der Waals surface area contributed by atoms with E-state index in [1.165, 1.54) is 45.7 Å². The fourth-order valence-corrected chi connectivity index (χ4v) is 9.55. The van der Waals surface area contributed by atoms with Gasteiger partial charge in [-0.3, -0.25) is 0 Å². The summed E-state index contributed by atoms with van der Waals surface area (Å²) in [6.45, 7) is 7.12. The first kappa shape index (κ1) is 26.1. The van der Waals surface area contributed by atoms with E-state index in [4.69, 9.17) is 4.74 Å². The van der Waals surface area contributed by atoms with Crippen molar-refractivity contribution in [3.8, 4) is 0 Å². The number of fused-ring (bicyclic) bond motifs is 2. The molecule has 2 heteroatoms. The van der Waals surface area contributed by atoms with Crippen LogP contribution < -0.4 is 10.6 Å². The minimum Gasteiger partial charge on any atom is -0.489 e. The minimum absolute atomic E-state index is 0.223. The molecule has 1 fully saturated rings. The van der Waals surface area contributed by atoms with Gasteiger partial charge in [0.1, 0.15) is 11.9 Å². The van der Waals surface area contributed by atoms with Gasteiger partial charge in [-0.25, -0.2) is 0 Å². The van der Waals surface area contributed by atoms with Gasteiger partial charge < -0.3 is 4.74 Å². The van der Waals surface area contributed by atoms with E-state index >= 15 is 0 Å². The molecule has 2 unspecified atom stereocenters. The Labute approximate surface area is 235 Å². The van der Waals surface area contributed by atoms with Crippen molar-refractivity contribution < 1.29 is 4.74 Å². The second kappa shape index (κ2) is 11.5. The van der Waals surface area contributed by atoms with E-state index in [1.807, 2.05) is 0 Å². The Balaban J connectivity index is 1.52. The number of benzene rings is 4. The van der Waals surface area contributed by atoms with Crippen molar-refractivity contribution in [1.82, 2.24) is 0 Å². The van der Waals surface area contributed by atoms with E-state index in [0.717, 1.165) is 12.2 Å². The summed E-state index contributed by atoms with van der Waals surface area (Å²) in [5.41, 5.74) is 5.51. The zero-order chi connectivity index (χ0) is 26.8. The van der Waals surface area contributed by atoms with Crippen LogP contribution in [0.5, 0.6) is 0 Å². The largest absolute Gasteiger partial charge is 0.489 e. The first-order chi connectivity index (χ1) is 19.1. The molecule has 6 rings (SSSR count). The summed E-state index contributed by atoms with van der Waals surface area (Å²) < 4.78 is 7.15. The fraction of sp³-hybridized carbons (Fsp3) is 0.297. The molecule has 0 amide bonds. The number of ether oxygens (including phenoxy) is 1. The van der Waals surface area contributed by atoms with Gasteiger partial charge in [-0.2, -0.15) is 0 Å². The zero-order valence-corrected chi connectivity index (χ0v) is 24.2. The van der Waals surface area contributed by atoms with Gasteiger partial charge in [0.25, 0.3) is 0 Å². The average molecular weight is 531 g/mol. The highest BCUT2D eigenvalue weighted by atomic mass is 31.1. The molecule has 0 aliphatic heterocycles. The molecular weight excluding hydrogens is 491 g/mol. The molecule has 1 nitrogen and oxygen atoms in total. The summed E-state index contributed by atoms with van der Waals surface area (Å²) in [6, 6.07) is 40.3. The van der Waals surface area contributed by atoms with E-state index in [1.54, 1.807) is 0 Å². The number of rotatable bonds is 6. The standard InChI is InChI=1S/C37H39OP/c1-26(2)31-23-22-27(3)24-35(31)38-36-25-28-14-10-11-19-32(28)37(34-21-13-12-20-33(34)36)39(29-15-6-4-7-16-29)30-17-8-5-9-18-30/h4-21,25-27,31,35,37H,22-24H2,1-3H3/t27-,31+,35?,37?/m1/s1. The summed E-state index contributed by atoms with van der Waals surface area (Å²) in [4.78, 5) is 0. The van der Waals surface area contributed by atoms with E-state index in [-0.39, 0.29) is 11.8 Å². The molecule has 1 saturated carbocycles. The van der Waals surface area contributed by atoms with Crippen LogP contribution in [0.15, 0.2) is 109 Å². The smallest absolute Gasteiger partial charge is 0.127 e. The fourth-order valence-electron chi connectivity index (χ4n) is 6.65. The van der Waals surface area contributed by atoms with Crippen molar-refractivity contribution in [3.05, 3.63) is 131 Å². The van der Waals surface area contributed by atoms with Crippen molar-refractivity contribution in [3.63, 3.8) is 0 Å². The lowest BCUT2D eigenvalue weighted by Gasteiger charge is -2.38. The van der Waals surface area contributed by atoms with Gasteiger partial charge in [-0.15, -0.1) is 0 Å². The van der Waals surface area contributed by atoms with Crippen molar-refractivity contribution in [1.29, 1.82) is 0 Å². The van der Waals surface area contributed by atoms with Crippen LogP contribution in [0, 0.1) is 17.8 Å². The third kappa shape index (κ3) is 5.35. The third-order valence-corrected chi connectivity index (χ3v) is 11.4. The van der Waals surface area contributed by atoms with Crippen LogP contribution in [-0.2, 0) is 4.74 Å². The summed E-state index contributed by atoms with van der Waals surface area (Å²) in [7, 11) is -0.713. The molecule has 39 heavy (non-hydrogen) atoms. The predicted octanol–water partition coefficient (Wildman–Crippen LogP) is 9.20. The predicted molar refractivity (Wildman–Crippen MR) is 168 cm³/mol. The van der Waals surface area contributed by atoms with Gasteiger partial charge in [0.15, 0.2) is 0 Å². The van der Waals surface area contributed by atoms with E-state index < -0.39 is 7.92 Å². The monoisotopic (exact) mass is 530 g/mol. The van der Waals surface area contributed by atoms with Crippen molar-refractivity contribution in [2.75, 3.05) is 0 Å². The SMILES string of the molecule is CC(C)[C@@H]1CC[C@@H](C)CC1OC1=Cc2ccccc2C(P(c2ccccc2)c2ccccc2)c2ccccc21. The van der Waals surface area contributed by atoms with Crippen LogP contribution in [0.1, 0.15) is 67.9 Å². The lowest BCUT2D eigenvalue weighted by molar-refractivity contribution is 0.0265. The van der Waals surface area contributed by atoms with Crippen LogP contribution >= 0.6 is 7.92 Å². The van der Waals surface area contributed by atoms with Crippen molar-refractivity contribution in [2.45, 2.75) is 51.8 Å². The highest BCUT2D eigenvalue weighted by Crippen LogP contribution is 2.57. The number of hydrogen-bond acceptors (Lipinski definition) is 1. The maximum absolute atomic E-state index is 7.15. The van der Waals surface area contributed by atoms with Crippen LogP contribution in [-0.4, -0.2) is 6.10 Å². The van der Waals surface area contributed by atoms with Crippen molar-refractivity contribution >= 4 is 30.4 Å². The molecule has 0 radical (unpaired) electrons. The normalized spacial score (nSPS) is 22.5. The molecular formula is C37H39OP. The summed E-state index contributed by atoms with van der Waals surface area (Å²) in [5.74, 6) is 2.96. The Kier molecular flexibility index (Phi) is 7.71. The lowest BCUT2D eigenvalue weighted by Crippen LogP contribution is -2.34. The second-order valence-corrected chi connectivity index (χ2v) is 13.9. The van der Waals surface area contributed by atoms with Crippen LogP contribution in [0.25, 0.3) is 11.8 Å². The quantitative estimate of drug-likeness (QED) is 0.226. The molecule has 0 aromatic heterocycles. The summed E-state index contributed by atoms with van der Waals surface area (Å²) in [6.07, 6.45) is 6.29. The average Bonchev–Trinajstić information content (AvgIpc) is 3.09. The van der Waals surface area contributed by atoms with E-state index in [0.29, 0.717) is 17.8 Å². The van der Waals surface area contributed by atoms with Gasteiger partial charge in [0.2, 0.25) is 0 Å². The lowest BCUT2D eigenvalue weighted by atomic mass is 9.75. The maximum atomic E-state index is 7.15. The molecule has 0 bridgehead atoms. The Bertz CT molecular complexity index is 1380. The summed E-state index contributed by atoms with van der Waals surface area (Å²) >= 11 is 0. The molecule has 2 aliphatic rings. The highest BCUT2D eigenvalue weighted by Gasteiger charge is 2.36. The van der Waals surface area contributed by atoms with Gasteiger partial charge >= 0.3 is 0 Å². The molecule has 4 aromatic rings. The Morgan fingerprint density at radius 1 is 0.692 bits per heavy atom. The molecule has 2 aliphatic carbocycles. The van der Waals surface area contributed by atoms with Gasteiger partial charge in [0.05, 0.1) is 0 Å². The molecule has 4 atom stereocenters. The molecule has 0 spiro atoms. The van der Waals surface area contributed by atoms with Crippen LogP contribution in [0.2, 0.25) is 0 Å². The number of hydrogen-bond donors (Lipinski definition) is 0. The molecule has 0 heterocycles. The molecule has 198 valence electrons. The van der Waals surface area contributed by atoms with Gasteiger partial charge in [-0.1, -0.05) is 136 Å². The van der Waals surface area contributed by atoms with Crippen molar-refractivity contribution in [2.24, 2.45) is 17.8 Å². The minimum atomic E-state index is -0.713. The second-order valence-electron chi connectivity index (χ2n) is 11.7. The van der Waals surface area contributed by atoms with Gasteiger partial charge in [-0.05, 0) is 71.9 Å². The topological polar surface area (TPSA) is 9.23 Å². The Morgan fingerprint density at radius 2 is 1.28 bits per heavy atom. The molecule has 0 N–H and O–H groups in total. The van der Waals surface area contributed by atoms with E-state index in [9.17, 15) is 0 Å². The first-order valence-corrected chi connectivity index (χ1v) is 16.0. The summed E-state index contributed by atoms with van der Waals surface area (Å²) in [5, 5.41) is 2.80. The molecule has 0 saturated heterocycles. The van der Waals surface area contributed by atoms with Gasteiger partial charge in [0, 0.05) is 11.2 Å². The van der Waals surface area contributed by atoms with Crippen LogP contribution in [0.4, 0.5) is 0 Å². The third-order valence-electron chi connectivity index (χ3n) is 8.66. The maximum Gasteiger partial charge on any atom is 0.127 e. The highest BCUT2D eigenvalue weighted by molar-refractivity contribution is 7.73. The van der Waals surface area contributed by atoms with E-state index in [2.05, 4.69) is 136 Å². The first-order valence-electron chi connectivity index (χ1n) is 14.6.